The van der Waals surface area contributed by atoms with Gasteiger partial charge < -0.3 is 15.7 Å². The Hall–Kier alpha value is -2.66. The first-order valence-corrected chi connectivity index (χ1v) is 15.2. The maximum absolute atomic E-state index is 13.4. The summed E-state index contributed by atoms with van der Waals surface area (Å²) in [5.74, 6) is -0.887. The summed E-state index contributed by atoms with van der Waals surface area (Å²) in [5, 5.41) is 28.4. The van der Waals surface area contributed by atoms with E-state index < -0.39 is 40.3 Å². The van der Waals surface area contributed by atoms with Crippen molar-refractivity contribution in [2.75, 3.05) is 19.0 Å². The van der Waals surface area contributed by atoms with Crippen molar-refractivity contribution < 1.29 is 19.6 Å². The third-order valence-corrected chi connectivity index (χ3v) is 7.13. The molecule has 228 valence electrons. The van der Waals surface area contributed by atoms with Gasteiger partial charge in [-0.15, -0.1) is 11.6 Å². The zero-order valence-electron chi connectivity index (χ0n) is 25.1. The third-order valence-electron chi connectivity index (χ3n) is 5.87. The molecule has 9 nitrogen and oxygen atoms in total. The lowest BCUT2D eigenvalue weighted by molar-refractivity contribution is -0.385. The van der Waals surface area contributed by atoms with E-state index in [0.29, 0.717) is 17.9 Å². The van der Waals surface area contributed by atoms with E-state index in [4.69, 9.17) is 11.6 Å². The van der Waals surface area contributed by atoms with Gasteiger partial charge in [-0.3, -0.25) is 19.7 Å². The van der Waals surface area contributed by atoms with Crippen LogP contribution >= 0.6 is 23.5 Å². The van der Waals surface area contributed by atoms with E-state index in [0.717, 1.165) is 5.56 Å². The fourth-order valence-electron chi connectivity index (χ4n) is 3.99. The predicted molar refractivity (Wildman–Crippen MR) is 167 cm³/mol. The average Bonchev–Trinajstić information content (AvgIpc) is 2.91. The van der Waals surface area contributed by atoms with Gasteiger partial charge in [-0.1, -0.05) is 84.9 Å². The lowest BCUT2D eigenvalue weighted by Crippen LogP contribution is -2.58. The summed E-state index contributed by atoms with van der Waals surface area (Å²) in [6.07, 6.45) is -0.617. The van der Waals surface area contributed by atoms with Crippen molar-refractivity contribution >= 4 is 41.1 Å². The van der Waals surface area contributed by atoms with Crippen LogP contribution in [0.2, 0.25) is 0 Å². The van der Waals surface area contributed by atoms with Crippen LogP contribution in [0.3, 0.4) is 0 Å². The largest absolute Gasteiger partial charge is 0.390 e. The Morgan fingerprint density at radius 2 is 1.68 bits per heavy atom. The van der Waals surface area contributed by atoms with E-state index in [-0.39, 0.29) is 24.0 Å². The standard InChI is InChI=1S/C28H39ClN4O5S.C2H6/c1-19(2)17-32(39-22-13-9-12-21(15-22)33(37)38)18-24(34)23(14-20-10-7-6-8-11-20)30-27(36)26(28(3,4)5)31-25(35)16-29;1-2/h6-13,15,19,23-24,26,34H,14,16-18H2,1-5H3,(H,30,36)(H,31,35);1-2H3/t23?,24?,26-;/m1./s1. The molecule has 0 aliphatic rings. The summed E-state index contributed by atoms with van der Waals surface area (Å²) in [7, 11) is 0. The zero-order chi connectivity index (χ0) is 31.2. The highest BCUT2D eigenvalue weighted by Gasteiger charge is 2.35. The molecule has 0 saturated carbocycles. The topological polar surface area (TPSA) is 125 Å². The number of nitro groups is 1. The molecule has 2 rings (SSSR count). The second-order valence-corrected chi connectivity index (χ2v) is 12.4. The van der Waals surface area contributed by atoms with Crippen LogP contribution in [0.5, 0.6) is 0 Å². The first-order chi connectivity index (χ1) is 19.3. The second kappa shape index (κ2) is 18.0. The van der Waals surface area contributed by atoms with Crippen LogP contribution in [-0.2, 0) is 16.0 Å². The van der Waals surface area contributed by atoms with Crippen molar-refractivity contribution in [3.05, 3.63) is 70.3 Å². The molecule has 3 atom stereocenters. The molecular formula is C30H45ClN4O5S. The van der Waals surface area contributed by atoms with Crippen molar-refractivity contribution in [1.82, 2.24) is 14.9 Å². The summed E-state index contributed by atoms with van der Waals surface area (Å²) in [5.41, 5.74) is 0.322. The van der Waals surface area contributed by atoms with Gasteiger partial charge in [0.1, 0.15) is 11.9 Å². The molecule has 11 heteroatoms. The Kier molecular flexibility index (Phi) is 16.0. The predicted octanol–water partition coefficient (Wildman–Crippen LogP) is 5.44. The van der Waals surface area contributed by atoms with Crippen LogP contribution < -0.4 is 10.6 Å². The minimum Gasteiger partial charge on any atom is -0.390 e. The minimum atomic E-state index is -0.983. The number of aliphatic hydroxyl groups excluding tert-OH is 1. The minimum absolute atomic E-state index is 0.00789. The number of benzene rings is 2. The molecular weight excluding hydrogens is 564 g/mol. The van der Waals surface area contributed by atoms with Crippen molar-refractivity contribution in [1.29, 1.82) is 0 Å². The molecule has 0 fully saturated rings. The molecule has 41 heavy (non-hydrogen) atoms. The summed E-state index contributed by atoms with van der Waals surface area (Å²) in [6, 6.07) is 14.3. The number of carbonyl (C=O) groups is 2. The number of hydrogen-bond donors (Lipinski definition) is 3. The highest BCUT2D eigenvalue weighted by Crippen LogP contribution is 2.28. The molecule has 0 heterocycles. The van der Waals surface area contributed by atoms with Crippen LogP contribution in [0.15, 0.2) is 59.5 Å². The van der Waals surface area contributed by atoms with E-state index in [9.17, 15) is 24.8 Å². The van der Waals surface area contributed by atoms with Gasteiger partial charge >= 0.3 is 0 Å². The van der Waals surface area contributed by atoms with Crippen LogP contribution in [0, 0.1) is 21.4 Å². The molecule has 2 aromatic carbocycles. The summed E-state index contributed by atoms with van der Waals surface area (Å²) >= 11 is 7.00. The summed E-state index contributed by atoms with van der Waals surface area (Å²) in [4.78, 5) is 37.0. The number of aliphatic hydroxyl groups is 1. The van der Waals surface area contributed by atoms with Gasteiger partial charge in [-0.05, 0) is 41.3 Å². The molecule has 0 aromatic heterocycles. The number of nitrogens with zero attached hydrogens (tertiary/aromatic N) is 2. The number of carbonyl (C=O) groups excluding carboxylic acids is 2. The third kappa shape index (κ3) is 13.2. The van der Waals surface area contributed by atoms with Gasteiger partial charge in [0.2, 0.25) is 11.8 Å². The quantitative estimate of drug-likeness (QED) is 0.113. The van der Waals surface area contributed by atoms with E-state index in [1.54, 1.807) is 12.1 Å². The van der Waals surface area contributed by atoms with Gasteiger partial charge in [0.25, 0.3) is 5.69 Å². The number of alkyl halides is 1. The molecule has 2 unspecified atom stereocenters. The van der Waals surface area contributed by atoms with E-state index in [2.05, 4.69) is 10.6 Å². The first kappa shape index (κ1) is 36.4. The van der Waals surface area contributed by atoms with Gasteiger partial charge in [0, 0.05) is 30.1 Å². The lowest BCUT2D eigenvalue weighted by atomic mass is 9.85. The Morgan fingerprint density at radius 3 is 2.22 bits per heavy atom. The van der Waals surface area contributed by atoms with Crippen molar-refractivity contribution in [2.45, 2.75) is 78.0 Å². The number of nitrogens with one attached hydrogen (secondary N) is 2. The molecule has 2 aromatic rings. The maximum Gasteiger partial charge on any atom is 0.270 e. The van der Waals surface area contributed by atoms with E-state index >= 15 is 0 Å². The number of halogens is 1. The molecule has 0 aliphatic carbocycles. The van der Waals surface area contributed by atoms with Crippen molar-refractivity contribution in [2.24, 2.45) is 11.3 Å². The highest BCUT2D eigenvalue weighted by atomic mass is 35.5. The smallest absolute Gasteiger partial charge is 0.270 e. The average molecular weight is 609 g/mol. The van der Waals surface area contributed by atoms with E-state index in [1.165, 1.54) is 24.1 Å². The molecule has 0 spiro atoms. The van der Waals surface area contributed by atoms with Gasteiger partial charge in [-0.25, -0.2) is 4.31 Å². The number of hydrogen-bond acceptors (Lipinski definition) is 7. The first-order valence-electron chi connectivity index (χ1n) is 13.8. The Balaban J connectivity index is 0.00000411. The fraction of sp³-hybridized carbons (Fsp3) is 0.533. The zero-order valence-corrected chi connectivity index (χ0v) is 26.7. The monoisotopic (exact) mass is 608 g/mol. The Morgan fingerprint density at radius 1 is 1.05 bits per heavy atom. The van der Waals surface area contributed by atoms with Crippen LogP contribution in [-0.4, -0.2) is 63.3 Å². The van der Waals surface area contributed by atoms with Crippen molar-refractivity contribution in [3.8, 4) is 0 Å². The van der Waals surface area contributed by atoms with Gasteiger partial charge in [-0.2, -0.15) is 0 Å². The second-order valence-electron chi connectivity index (χ2n) is 11.0. The maximum atomic E-state index is 13.4. The lowest BCUT2D eigenvalue weighted by Gasteiger charge is -2.34. The molecule has 2 amide bonds. The molecule has 0 saturated heterocycles. The molecule has 0 aliphatic heterocycles. The molecule has 3 N–H and O–H groups in total. The summed E-state index contributed by atoms with van der Waals surface area (Å²) < 4.78 is 1.95. The van der Waals surface area contributed by atoms with Gasteiger partial charge in [0.15, 0.2) is 0 Å². The fourth-order valence-corrected chi connectivity index (χ4v) is 5.28. The summed E-state index contributed by atoms with van der Waals surface area (Å²) in [6.45, 7) is 14.4. The number of amides is 2. The van der Waals surface area contributed by atoms with Crippen molar-refractivity contribution in [3.63, 3.8) is 0 Å². The van der Waals surface area contributed by atoms with Crippen LogP contribution in [0.1, 0.15) is 54.0 Å². The number of nitro benzene ring substituents is 1. The van der Waals surface area contributed by atoms with Crippen LogP contribution in [0.4, 0.5) is 5.69 Å². The highest BCUT2D eigenvalue weighted by molar-refractivity contribution is 7.97. The SMILES string of the molecule is CC.CC(C)CN(CC(O)C(Cc1ccccc1)NC(=O)[C@@H](NC(=O)CCl)C(C)(C)C)Sc1cccc([N+](=O)[O-])c1. The Bertz CT molecular complexity index is 1100. The normalized spacial score (nSPS) is 13.5. The van der Waals surface area contributed by atoms with Crippen LogP contribution in [0.25, 0.3) is 0 Å². The number of non-ortho nitro benzene ring substituents is 1. The molecule has 0 radical (unpaired) electrons. The van der Waals surface area contributed by atoms with E-state index in [1.807, 2.05) is 83.1 Å². The molecule has 0 bridgehead atoms. The Labute approximate surface area is 253 Å². The number of rotatable bonds is 14. The van der Waals surface area contributed by atoms with Gasteiger partial charge in [0.05, 0.1) is 17.1 Å².